The van der Waals surface area contributed by atoms with Gasteiger partial charge in [0.15, 0.2) is 18.1 Å². The second kappa shape index (κ2) is 8.39. The van der Waals surface area contributed by atoms with Crippen LogP contribution in [0.5, 0.6) is 17.2 Å². The summed E-state index contributed by atoms with van der Waals surface area (Å²) in [6.45, 7) is 3.77. The first-order chi connectivity index (χ1) is 11.9. The summed E-state index contributed by atoms with van der Waals surface area (Å²) in [4.78, 5) is 11.8. The monoisotopic (exact) mass is 362 g/mol. The second-order valence-corrected chi connectivity index (χ2v) is 5.87. The van der Waals surface area contributed by atoms with Crippen molar-refractivity contribution in [1.82, 2.24) is 5.43 Å². The topological polar surface area (TPSA) is 80.2 Å². The van der Waals surface area contributed by atoms with Gasteiger partial charge in [0, 0.05) is 0 Å². The highest BCUT2D eigenvalue weighted by atomic mass is 35.5. The number of halogens is 1. The maximum Gasteiger partial charge on any atom is 0.277 e. The molecule has 0 saturated carbocycles. The summed E-state index contributed by atoms with van der Waals surface area (Å²) >= 11 is 5.88. The third-order valence-corrected chi connectivity index (χ3v) is 3.53. The van der Waals surface area contributed by atoms with Gasteiger partial charge in [0.1, 0.15) is 5.75 Å². The summed E-state index contributed by atoms with van der Waals surface area (Å²) in [5.41, 5.74) is 5.05. The molecule has 6 nitrogen and oxygen atoms in total. The standard InChI is InChI=1S/C18H19ClN2O4/c1-11-4-12(2)6-14(5-11)25-10-17(22)21-20-9-13-7-15(19)18(23)16(8-13)24-3/h4-9,23H,10H2,1-3H3,(H,21,22). The van der Waals surface area contributed by atoms with E-state index in [1.807, 2.05) is 32.0 Å². The fourth-order valence-electron chi connectivity index (χ4n) is 2.20. The van der Waals surface area contributed by atoms with Crippen molar-refractivity contribution in [2.24, 2.45) is 5.10 Å². The van der Waals surface area contributed by atoms with Crippen molar-refractivity contribution in [3.8, 4) is 17.2 Å². The molecule has 132 valence electrons. The molecule has 0 aliphatic heterocycles. The summed E-state index contributed by atoms with van der Waals surface area (Å²) in [6, 6.07) is 8.78. The molecule has 7 heteroatoms. The number of benzene rings is 2. The highest BCUT2D eigenvalue weighted by Gasteiger charge is 2.08. The number of hydrazone groups is 1. The average molecular weight is 363 g/mol. The van der Waals surface area contributed by atoms with Crippen LogP contribution in [0.15, 0.2) is 35.4 Å². The Morgan fingerprint density at radius 1 is 1.24 bits per heavy atom. The van der Waals surface area contributed by atoms with E-state index in [-0.39, 0.29) is 23.1 Å². The quantitative estimate of drug-likeness (QED) is 0.611. The fourth-order valence-corrected chi connectivity index (χ4v) is 2.42. The van der Waals surface area contributed by atoms with Gasteiger partial charge in [-0.15, -0.1) is 0 Å². The van der Waals surface area contributed by atoms with Gasteiger partial charge < -0.3 is 14.6 Å². The molecule has 0 aliphatic carbocycles. The number of hydrogen-bond donors (Lipinski definition) is 2. The molecule has 1 amide bonds. The number of phenols is 1. The number of carbonyl (C=O) groups is 1. The molecule has 0 aliphatic rings. The predicted molar refractivity (Wildman–Crippen MR) is 96.8 cm³/mol. The van der Waals surface area contributed by atoms with E-state index in [0.29, 0.717) is 11.3 Å². The van der Waals surface area contributed by atoms with Gasteiger partial charge in [-0.05, 0) is 54.8 Å². The fraction of sp³-hybridized carbons (Fsp3) is 0.222. The van der Waals surface area contributed by atoms with E-state index >= 15 is 0 Å². The molecule has 0 spiro atoms. The molecule has 2 aromatic rings. The molecule has 0 bridgehead atoms. The Morgan fingerprint density at radius 2 is 1.92 bits per heavy atom. The van der Waals surface area contributed by atoms with Gasteiger partial charge in [-0.2, -0.15) is 5.10 Å². The van der Waals surface area contributed by atoms with Gasteiger partial charge in [-0.3, -0.25) is 4.79 Å². The summed E-state index contributed by atoms with van der Waals surface area (Å²) in [5, 5.41) is 13.6. The molecular formula is C18H19ClN2O4. The number of aryl methyl sites for hydroxylation is 2. The molecular weight excluding hydrogens is 344 g/mol. The Morgan fingerprint density at radius 3 is 2.56 bits per heavy atom. The van der Waals surface area contributed by atoms with Crippen LogP contribution in [0.1, 0.15) is 16.7 Å². The van der Waals surface area contributed by atoms with E-state index in [1.54, 1.807) is 6.07 Å². The Labute approximate surface area is 151 Å². The van der Waals surface area contributed by atoms with Gasteiger partial charge in [0.25, 0.3) is 5.91 Å². The Hall–Kier alpha value is -2.73. The van der Waals surface area contributed by atoms with E-state index in [0.717, 1.165) is 11.1 Å². The second-order valence-electron chi connectivity index (χ2n) is 5.46. The normalized spacial score (nSPS) is 10.7. The van der Waals surface area contributed by atoms with Crippen molar-refractivity contribution in [3.05, 3.63) is 52.0 Å². The van der Waals surface area contributed by atoms with Gasteiger partial charge >= 0.3 is 0 Å². The summed E-state index contributed by atoms with van der Waals surface area (Å²) in [7, 11) is 1.42. The number of aromatic hydroxyl groups is 1. The number of rotatable bonds is 6. The lowest BCUT2D eigenvalue weighted by Crippen LogP contribution is -2.24. The van der Waals surface area contributed by atoms with Crippen LogP contribution in [0.4, 0.5) is 0 Å². The van der Waals surface area contributed by atoms with Crippen LogP contribution in [-0.4, -0.2) is 30.9 Å². The Balaban J connectivity index is 1.91. The van der Waals surface area contributed by atoms with Gasteiger partial charge in [-0.25, -0.2) is 5.43 Å². The van der Waals surface area contributed by atoms with Crippen LogP contribution in [0, 0.1) is 13.8 Å². The lowest BCUT2D eigenvalue weighted by molar-refractivity contribution is -0.123. The number of phenolic OH excluding ortho intramolecular Hbond substituents is 1. The number of amides is 1. The van der Waals surface area contributed by atoms with Crippen LogP contribution >= 0.6 is 11.6 Å². The molecule has 0 heterocycles. The third-order valence-electron chi connectivity index (χ3n) is 3.24. The summed E-state index contributed by atoms with van der Waals surface area (Å²) in [6.07, 6.45) is 1.39. The van der Waals surface area contributed by atoms with Gasteiger partial charge in [0.05, 0.1) is 18.3 Å². The van der Waals surface area contributed by atoms with E-state index in [9.17, 15) is 9.90 Å². The molecule has 0 fully saturated rings. The first-order valence-corrected chi connectivity index (χ1v) is 7.86. The van der Waals surface area contributed by atoms with E-state index in [4.69, 9.17) is 21.1 Å². The molecule has 0 saturated heterocycles. The third kappa shape index (κ3) is 5.39. The zero-order valence-corrected chi connectivity index (χ0v) is 14.9. The number of methoxy groups -OCH3 is 1. The van der Waals surface area contributed by atoms with E-state index in [2.05, 4.69) is 10.5 Å². The summed E-state index contributed by atoms with van der Waals surface area (Å²) in [5.74, 6) is 0.310. The molecule has 0 atom stereocenters. The van der Waals surface area contributed by atoms with Crippen LogP contribution in [0.3, 0.4) is 0 Å². The lowest BCUT2D eigenvalue weighted by atomic mass is 10.1. The van der Waals surface area contributed by atoms with Crippen molar-refractivity contribution in [2.75, 3.05) is 13.7 Å². The predicted octanol–water partition coefficient (Wildman–Crippen LogP) is 3.20. The molecule has 2 rings (SSSR count). The smallest absolute Gasteiger partial charge is 0.277 e. The zero-order valence-electron chi connectivity index (χ0n) is 14.2. The number of carbonyl (C=O) groups excluding carboxylic acids is 1. The van der Waals surface area contributed by atoms with E-state index in [1.165, 1.54) is 19.4 Å². The van der Waals surface area contributed by atoms with E-state index < -0.39 is 5.91 Å². The van der Waals surface area contributed by atoms with Crippen molar-refractivity contribution >= 4 is 23.7 Å². The maximum absolute atomic E-state index is 11.8. The zero-order chi connectivity index (χ0) is 18.4. The van der Waals surface area contributed by atoms with Crippen LogP contribution < -0.4 is 14.9 Å². The van der Waals surface area contributed by atoms with Gasteiger partial charge in [0.2, 0.25) is 0 Å². The molecule has 25 heavy (non-hydrogen) atoms. The van der Waals surface area contributed by atoms with Crippen molar-refractivity contribution in [3.63, 3.8) is 0 Å². The number of hydrogen-bond acceptors (Lipinski definition) is 5. The first kappa shape index (κ1) is 18.6. The SMILES string of the molecule is COc1cc(C=NNC(=O)COc2cc(C)cc(C)c2)cc(Cl)c1O. The van der Waals surface area contributed by atoms with Gasteiger partial charge in [-0.1, -0.05) is 17.7 Å². The van der Waals surface area contributed by atoms with Crippen molar-refractivity contribution in [1.29, 1.82) is 0 Å². The Bertz CT molecular complexity index is 786. The average Bonchev–Trinajstić information content (AvgIpc) is 2.55. The van der Waals surface area contributed by atoms with Crippen molar-refractivity contribution < 1.29 is 19.4 Å². The minimum atomic E-state index is -0.396. The Kier molecular flexibility index (Phi) is 6.25. The number of nitrogens with one attached hydrogen (secondary N) is 1. The van der Waals surface area contributed by atoms with Crippen LogP contribution in [-0.2, 0) is 4.79 Å². The molecule has 0 radical (unpaired) electrons. The lowest BCUT2D eigenvalue weighted by Gasteiger charge is -2.07. The first-order valence-electron chi connectivity index (χ1n) is 7.48. The molecule has 2 N–H and O–H groups in total. The summed E-state index contributed by atoms with van der Waals surface area (Å²) < 4.78 is 10.4. The largest absolute Gasteiger partial charge is 0.503 e. The molecule has 0 aromatic heterocycles. The highest BCUT2D eigenvalue weighted by molar-refractivity contribution is 6.32. The highest BCUT2D eigenvalue weighted by Crippen LogP contribution is 2.34. The minimum absolute atomic E-state index is 0.130. The maximum atomic E-state index is 11.8. The number of ether oxygens (including phenoxy) is 2. The minimum Gasteiger partial charge on any atom is -0.503 e. The number of nitrogens with zero attached hydrogens (tertiary/aromatic N) is 1. The van der Waals surface area contributed by atoms with Crippen LogP contribution in [0.25, 0.3) is 0 Å². The molecule has 2 aromatic carbocycles. The molecule has 0 unspecified atom stereocenters. The van der Waals surface area contributed by atoms with Crippen molar-refractivity contribution in [2.45, 2.75) is 13.8 Å². The van der Waals surface area contributed by atoms with Crippen LogP contribution in [0.2, 0.25) is 5.02 Å².